The zero-order valence-corrected chi connectivity index (χ0v) is 34.1. The monoisotopic (exact) mass is 794 g/mol. The molecule has 0 aliphatic rings. The first-order valence-corrected chi connectivity index (χ1v) is 22.2. The Morgan fingerprint density at radius 2 is 0.617 bits per heavy atom. The SMILES string of the molecule is c1ccc(-c2ccccc2-c2c3cccc(-c4cccc5c4ccc4sc6ccccc6c45)c3cc3c(-c4cccc5c4ccc4sc6ccccc6c45)cccc23)cc1. The summed E-state index contributed by atoms with van der Waals surface area (Å²) >= 11 is 3.77. The Kier molecular flexibility index (Phi) is 7.45. The summed E-state index contributed by atoms with van der Waals surface area (Å²) in [6, 6.07) is 77.1. The van der Waals surface area contributed by atoms with Crippen molar-refractivity contribution in [2.75, 3.05) is 0 Å². The van der Waals surface area contributed by atoms with Crippen molar-refractivity contribution in [2.45, 2.75) is 0 Å². The Morgan fingerprint density at radius 1 is 0.217 bits per heavy atom. The molecule has 0 fully saturated rings. The van der Waals surface area contributed by atoms with Crippen LogP contribution in [0, 0.1) is 0 Å². The van der Waals surface area contributed by atoms with Crippen LogP contribution in [0.15, 0.2) is 206 Å². The number of fused-ring (bicyclic) bond motifs is 12. The maximum Gasteiger partial charge on any atom is 0.0361 e. The van der Waals surface area contributed by atoms with Crippen molar-refractivity contribution in [3.63, 3.8) is 0 Å². The highest BCUT2D eigenvalue weighted by Gasteiger charge is 2.21. The van der Waals surface area contributed by atoms with E-state index < -0.39 is 0 Å². The van der Waals surface area contributed by atoms with E-state index in [2.05, 4.69) is 206 Å². The summed E-state index contributed by atoms with van der Waals surface area (Å²) in [5, 5.41) is 15.5. The molecule has 0 saturated carbocycles. The summed E-state index contributed by atoms with van der Waals surface area (Å²) < 4.78 is 5.32. The summed E-state index contributed by atoms with van der Waals surface area (Å²) in [5.41, 5.74) is 9.96. The molecule has 60 heavy (non-hydrogen) atoms. The van der Waals surface area contributed by atoms with Gasteiger partial charge in [-0.15, -0.1) is 22.7 Å². The largest absolute Gasteiger partial charge is 0.135 e. The zero-order chi connectivity index (χ0) is 39.3. The lowest BCUT2D eigenvalue weighted by Crippen LogP contribution is -1.93. The van der Waals surface area contributed by atoms with E-state index >= 15 is 0 Å². The third-order valence-corrected chi connectivity index (χ3v) is 15.0. The van der Waals surface area contributed by atoms with Crippen LogP contribution in [-0.2, 0) is 0 Å². The highest BCUT2D eigenvalue weighted by Crippen LogP contribution is 2.49. The number of hydrogen-bond donors (Lipinski definition) is 0. The fourth-order valence-corrected chi connectivity index (χ4v) is 12.4. The molecular weight excluding hydrogens is 761 g/mol. The first-order valence-electron chi connectivity index (χ1n) is 20.6. The van der Waals surface area contributed by atoms with Gasteiger partial charge >= 0.3 is 0 Å². The van der Waals surface area contributed by atoms with Crippen molar-refractivity contribution in [3.8, 4) is 44.5 Å². The molecule has 0 unspecified atom stereocenters. The molecule has 0 atom stereocenters. The minimum absolute atomic E-state index is 1.22. The highest BCUT2D eigenvalue weighted by atomic mass is 32.1. The van der Waals surface area contributed by atoms with E-state index in [1.54, 1.807) is 0 Å². The van der Waals surface area contributed by atoms with Crippen molar-refractivity contribution in [2.24, 2.45) is 0 Å². The van der Waals surface area contributed by atoms with Crippen LogP contribution in [0.4, 0.5) is 0 Å². The molecule has 0 radical (unpaired) electrons. The van der Waals surface area contributed by atoms with Crippen LogP contribution in [0.3, 0.4) is 0 Å². The summed E-state index contributed by atoms with van der Waals surface area (Å²) in [6.07, 6.45) is 0. The molecule has 13 aromatic rings. The zero-order valence-electron chi connectivity index (χ0n) is 32.4. The van der Waals surface area contributed by atoms with Crippen LogP contribution < -0.4 is 0 Å². The molecule has 2 heteroatoms. The van der Waals surface area contributed by atoms with E-state index in [1.165, 1.54) is 128 Å². The lowest BCUT2D eigenvalue weighted by atomic mass is 9.83. The van der Waals surface area contributed by atoms with Crippen molar-refractivity contribution >= 4 is 106 Å². The van der Waals surface area contributed by atoms with Gasteiger partial charge in [0, 0.05) is 40.3 Å². The van der Waals surface area contributed by atoms with E-state index in [9.17, 15) is 0 Å². The number of hydrogen-bond acceptors (Lipinski definition) is 2. The maximum absolute atomic E-state index is 2.50. The van der Waals surface area contributed by atoms with Crippen molar-refractivity contribution < 1.29 is 0 Å². The summed E-state index contributed by atoms with van der Waals surface area (Å²) in [6.45, 7) is 0. The molecule has 0 nitrogen and oxygen atoms in total. The van der Waals surface area contributed by atoms with Crippen LogP contribution in [0.25, 0.3) is 128 Å². The molecule has 0 saturated heterocycles. The van der Waals surface area contributed by atoms with Crippen LogP contribution >= 0.6 is 22.7 Å². The molecule has 278 valence electrons. The second-order valence-electron chi connectivity index (χ2n) is 15.8. The summed E-state index contributed by atoms with van der Waals surface area (Å²) in [7, 11) is 0. The number of benzene rings is 11. The third-order valence-electron chi connectivity index (χ3n) is 12.7. The standard InChI is InChI=1S/C58H34S2/c1-2-14-35(15-3-1)36-16-4-5-17-43(36)56-46-26-12-22-39(37-20-10-24-44-41(37)30-32-54-57(44)48-18-6-8-28-52(48)59-54)50(46)34-51-40(23-13-27-47(51)56)38-21-11-25-45-42(38)31-33-55-58(45)49-19-7-9-29-53(49)60-55/h1-34H. The molecule has 0 spiro atoms. The second-order valence-corrected chi connectivity index (χ2v) is 18.0. The van der Waals surface area contributed by atoms with Gasteiger partial charge in [0.25, 0.3) is 0 Å². The Hall–Kier alpha value is -7.10. The quantitative estimate of drug-likeness (QED) is 0.156. The molecule has 11 aromatic carbocycles. The molecule has 13 rings (SSSR count). The molecule has 0 N–H and O–H groups in total. The van der Waals surface area contributed by atoms with Crippen LogP contribution in [0.1, 0.15) is 0 Å². The maximum atomic E-state index is 2.50. The van der Waals surface area contributed by atoms with E-state index in [-0.39, 0.29) is 0 Å². The normalized spacial score (nSPS) is 12.0. The average Bonchev–Trinajstić information content (AvgIpc) is 3.90. The third kappa shape index (κ3) is 4.96. The first kappa shape index (κ1) is 33.8. The van der Waals surface area contributed by atoms with Crippen LogP contribution in [-0.4, -0.2) is 0 Å². The van der Waals surface area contributed by atoms with Gasteiger partial charge in [0.15, 0.2) is 0 Å². The van der Waals surface area contributed by atoms with Gasteiger partial charge in [-0.3, -0.25) is 0 Å². The Morgan fingerprint density at radius 3 is 1.15 bits per heavy atom. The van der Waals surface area contributed by atoms with Gasteiger partial charge in [-0.05, 0) is 118 Å². The van der Waals surface area contributed by atoms with Gasteiger partial charge in [0.2, 0.25) is 0 Å². The minimum Gasteiger partial charge on any atom is -0.135 e. The lowest BCUT2D eigenvalue weighted by molar-refractivity contribution is 1.61. The molecule has 0 bridgehead atoms. The molecule has 2 heterocycles. The predicted molar refractivity (Wildman–Crippen MR) is 264 cm³/mol. The summed E-state index contributed by atoms with van der Waals surface area (Å²) in [4.78, 5) is 0. The smallest absolute Gasteiger partial charge is 0.0361 e. The molecule has 2 aromatic heterocycles. The average molecular weight is 795 g/mol. The van der Waals surface area contributed by atoms with Gasteiger partial charge in [-0.2, -0.15) is 0 Å². The summed E-state index contributed by atoms with van der Waals surface area (Å²) in [5.74, 6) is 0. The fourth-order valence-electron chi connectivity index (χ4n) is 10.1. The fraction of sp³-hybridized carbons (Fsp3) is 0. The van der Waals surface area contributed by atoms with E-state index in [0.29, 0.717) is 0 Å². The van der Waals surface area contributed by atoms with E-state index in [4.69, 9.17) is 0 Å². The van der Waals surface area contributed by atoms with Crippen molar-refractivity contribution in [1.29, 1.82) is 0 Å². The molecular formula is C58H34S2. The van der Waals surface area contributed by atoms with E-state index in [1.807, 2.05) is 22.7 Å². The second kappa shape index (κ2) is 13.2. The molecule has 0 amide bonds. The van der Waals surface area contributed by atoms with Crippen LogP contribution in [0.5, 0.6) is 0 Å². The Labute approximate surface area is 354 Å². The van der Waals surface area contributed by atoms with E-state index in [0.717, 1.165) is 0 Å². The van der Waals surface area contributed by atoms with Crippen molar-refractivity contribution in [3.05, 3.63) is 206 Å². The Bertz CT molecular complexity index is 3670. The molecule has 0 aliphatic heterocycles. The van der Waals surface area contributed by atoms with Gasteiger partial charge in [0.1, 0.15) is 0 Å². The van der Waals surface area contributed by atoms with Gasteiger partial charge in [0.05, 0.1) is 0 Å². The minimum atomic E-state index is 1.22. The number of rotatable bonds is 4. The number of thiophene rings is 2. The van der Waals surface area contributed by atoms with Crippen LogP contribution in [0.2, 0.25) is 0 Å². The molecule has 0 aliphatic carbocycles. The predicted octanol–water partition coefficient (Wildman–Crippen LogP) is 17.7. The lowest BCUT2D eigenvalue weighted by Gasteiger charge is -2.20. The van der Waals surface area contributed by atoms with Gasteiger partial charge in [-0.1, -0.05) is 176 Å². The van der Waals surface area contributed by atoms with Gasteiger partial charge in [-0.25, -0.2) is 0 Å². The highest BCUT2D eigenvalue weighted by molar-refractivity contribution is 7.26. The first-order chi connectivity index (χ1) is 29.8. The topological polar surface area (TPSA) is 0 Å². The van der Waals surface area contributed by atoms with Crippen molar-refractivity contribution in [1.82, 2.24) is 0 Å². The Balaban J connectivity index is 1.15. The van der Waals surface area contributed by atoms with Gasteiger partial charge < -0.3 is 0 Å².